The third-order valence-electron chi connectivity index (χ3n) is 8.66. The van der Waals surface area contributed by atoms with Crippen LogP contribution in [0.5, 0.6) is 5.75 Å². The van der Waals surface area contributed by atoms with E-state index < -0.39 is 29.3 Å². The van der Waals surface area contributed by atoms with Crippen molar-refractivity contribution >= 4 is 17.5 Å². The molecule has 1 aliphatic heterocycles. The number of ether oxygens (including phenoxy) is 2. The molecule has 0 fully saturated rings. The van der Waals surface area contributed by atoms with Gasteiger partial charge in [0.1, 0.15) is 5.75 Å². The molecule has 52 heavy (non-hydrogen) atoms. The summed E-state index contributed by atoms with van der Waals surface area (Å²) in [6.07, 6.45) is -5.17. The molecule has 9 nitrogen and oxygen atoms in total. The number of carbonyl (C=O) groups is 1. The molecule has 0 bridgehead atoms. The van der Waals surface area contributed by atoms with E-state index in [1.807, 2.05) is 54.6 Å². The molecule has 0 unspecified atom stereocenters. The van der Waals surface area contributed by atoms with Crippen molar-refractivity contribution in [3.8, 4) is 16.9 Å². The second-order valence-electron chi connectivity index (χ2n) is 12.2. The zero-order valence-corrected chi connectivity index (χ0v) is 27.8. The largest absolute Gasteiger partial charge is 0.494 e. The second kappa shape index (κ2) is 15.8. The fraction of sp³-hybridized carbons (Fsp3) is 0.200. The standard InChI is InChI=1S/C40H34F3N5O4/c41-40(42,43)33-12-6-8-27(24-33)26-45-38(50)39(25-32-11-4-5-13-35(32)47-48-44)36(30-16-14-29(15-17-30)28-9-2-1-3-10-28)52-37(46-39)31-18-20-34(21-19-31)51-23-7-22-49/h1-6,8-21,24,36,49H,7,22-23,25-26H2,(H,45,50)/t36-,39-/m1/s1. The first-order valence-electron chi connectivity index (χ1n) is 16.5. The van der Waals surface area contributed by atoms with Crippen molar-refractivity contribution in [1.29, 1.82) is 0 Å². The van der Waals surface area contributed by atoms with E-state index in [9.17, 15) is 23.5 Å². The molecule has 1 amide bonds. The molecule has 6 rings (SSSR count). The maximum atomic E-state index is 14.7. The van der Waals surface area contributed by atoms with Crippen molar-refractivity contribution in [3.63, 3.8) is 0 Å². The zero-order chi connectivity index (χ0) is 36.6. The molecule has 0 aromatic heterocycles. The first kappa shape index (κ1) is 35.7. The van der Waals surface area contributed by atoms with Gasteiger partial charge in [-0.05, 0) is 69.7 Å². The Kier molecular flexibility index (Phi) is 10.9. The van der Waals surface area contributed by atoms with Gasteiger partial charge in [-0.25, -0.2) is 4.99 Å². The van der Waals surface area contributed by atoms with Gasteiger partial charge in [0.05, 0.1) is 12.2 Å². The number of aliphatic imine (C=N–C) groups is 1. The van der Waals surface area contributed by atoms with Crippen molar-refractivity contribution in [1.82, 2.24) is 5.32 Å². The fourth-order valence-electron chi connectivity index (χ4n) is 6.05. The summed E-state index contributed by atoms with van der Waals surface area (Å²) in [5.74, 6) is 0.128. The minimum absolute atomic E-state index is 0.00281. The predicted molar refractivity (Wildman–Crippen MR) is 191 cm³/mol. The average Bonchev–Trinajstić information content (AvgIpc) is 3.55. The van der Waals surface area contributed by atoms with E-state index in [1.165, 1.54) is 12.1 Å². The van der Waals surface area contributed by atoms with Crippen LogP contribution in [0, 0.1) is 0 Å². The van der Waals surface area contributed by atoms with Gasteiger partial charge in [0.25, 0.3) is 5.91 Å². The van der Waals surface area contributed by atoms with Crippen LogP contribution < -0.4 is 10.1 Å². The summed E-state index contributed by atoms with van der Waals surface area (Å²) in [7, 11) is 0. The molecule has 2 N–H and O–H groups in total. The highest BCUT2D eigenvalue weighted by Gasteiger charge is 2.53. The summed E-state index contributed by atoms with van der Waals surface area (Å²) >= 11 is 0. The van der Waals surface area contributed by atoms with Crippen molar-refractivity contribution < 1.29 is 32.5 Å². The zero-order valence-electron chi connectivity index (χ0n) is 27.8. The fourth-order valence-corrected chi connectivity index (χ4v) is 6.05. The van der Waals surface area contributed by atoms with Crippen LogP contribution in [0.25, 0.3) is 21.6 Å². The summed E-state index contributed by atoms with van der Waals surface area (Å²) in [5, 5.41) is 15.8. The molecule has 0 radical (unpaired) electrons. The molecule has 12 heteroatoms. The molecule has 5 aromatic rings. The SMILES string of the molecule is [N-]=[N+]=Nc1ccccc1C[C@@]1(C(=O)NCc2cccc(C(F)(F)F)c2)N=C(c2ccc(OCCCO)cc2)O[C@@H]1c1ccc(-c2ccccc2)cc1. The van der Waals surface area contributed by atoms with Crippen LogP contribution in [-0.2, 0) is 28.7 Å². The Labute approximate surface area is 298 Å². The van der Waals surface area contributed by atoms with E-state index in [0.717, 1.165) is 23.3 Å². The van der Waals surface area contributed by atoms with E-state index in [0.29, 0.717) is 41.2 Å². The van der Waals surface area contributed by atoms with Crippen molar-refractivity contribution in [2.45, 2.75) is 37.2 Å². The van der Waals surface area contributed by atoms with Crippen LogP contribution in [0.1, 0.15) is 40.3 Å². The van der Waals surface area contributed by atoms with Gasteiger partial charge in [0.15, 0.2) is 11.6 Å². The molecule has 5 aromatic carbocycles. The second-order valence-corrected chi connectivity index (χ2v) is 12.2. The average molecular weight is 706 g/mol. The Morgan fingerprint density at radius 3 is 2.31 bits per heavy atom. The highest BCUT2D eigenvalue weighted by atomic mass is 19.4. The maximum absolute atomic E-state index is 14.7. The smallest absolute Gasteiger partial charge is 0.416 e. The third kappa shape index (κ3) is 8.10. The lowest BCUT2D eigenvalue weighted by atomic mass is 9.81. The number of hydrogen-bond acceptors (Lipinski definition) is 6. The lowest BCUT2D eigenvalue weighted by Crippen LogP contribution is -2.49. The summed E-state index contributed by atoms with van der Waals surface area (Å²) in [6.45, 7) is 0.109. The van der Waals surface area contributed by atoms with Gasteiger partial charge in [0.2, 0.25) is 5.90 Å². The number of hydrogen-bond donors (Lipinski definition) is 2. The lowest BCUT2D eigenvalue weighted by molar-refractivity contribution is -0.137. The molecular formula is C40H34F3N5O4. The Morgan fingerprint density at radius 1 is 0.904 bits per heavy atom. The number of aliphatic hydroxyl groups excluding tert-OH is 1. The highest BCUT2D eigenvalue weighted by Crippen LogP contribution is 2.44. The molecule has 2 atom stereocenters. The van der Waals surface area contributed by atoms with Crippen LogP contribution in [-0.4, -0.2) is 35.7 Å². The van der Waals surface area contributed by atoms with Crippen LogP contribution >= 0.6 is 0 Å². The van der Waals surface area contributed by atoms with Crippen LogP contribution in [0.4, 0.5) is 18.9 Å². The van der Waals surface area contributed by atoms with E-state index in [4.69, 9.17) is 19.6 Å². The minimum atomic E-state index is -4.55. The molecule has 1 heterocycles. The molecule has 0 aliphatic carbocycles. The molecule has 1 aliphatic rings. The van der Waals surface area contributed by atoms with Crippen LogP contribution in [0.15, 0.2) is 138 Å². The van der Waals surface area contributed by atoms with E-state index >= 15 is 0 Å². The summed E-state index contributed by atoms with van der Waals surface area (Å²) < 4.78 is 52.9. The van der Waals surface area contributed by atoms with Gasteiger partial charge >= 0.3 is 6.18 Å². The van der Waals surface area contributed by atoms with E-state index in [2.05, 4.69) is 15.3 Å². The first-order chi connectivity index (χ1) is 25.2. The molecule has 264 valence electrons. The normalized spacial score (nSPS) is 16.7. The van der Waals surface area contributed by atoms with E-state index in [-0.39, 0.29) is 31.0 Å². The first-order valence-corrected chi connectivity index (χ1v) is 16.5. The van der Waals surface area contributed by atoms with Crippen LogP contribution in [0.3, 0.4) is 0 Å². The summed E-state index contributed by atoms with van der Waals surface area (Å²) in [4.78, 5) is 22.6. The molecular weight excluding hydrogens is 671 g/mol. The third-order valence-corrected chi connectivity index (χ3v) is 8.66. The predicted octanol–water partition coefficient (Wildman–Crippen LogP) is 8.89. The van der Waals surface area contributed by atoms with Crippen molar-refractivity contribution in [3.05, 3.63) is 166 Å². The number of aliphatic hydroxyl groups is 1. The Morgan fingerprint density at radius 2 is 1.60 bits per heavy atom. The Balaban J connectivity index is 1.44. The number of amides is 1. The molecule has 0 saturated heterocycles. The Hall–Kier alpha value is -6.10. The number of alkyl halides is 3. The number of halogens is 3. The number of nitrogens with zero attached hydrogens (tertiary/aromatic N) is 4. The van der Waals surface area contributed by atoms with Crippen molar-refractivity contribution in [2.24, 2.45) is 10.1 Å². The summed E-state index contributed by atoms with van der Waals surface area (Å²) in [5.41, 5.74) is 10.9. The van der Waals surface area contributed by atoms with Gasteiger partial charge in [0, 0.05) is 42.2 Å². The number of nitrogens with one attached hydrogen (secondary N) is 1. The van der Waals surface area contributed by atoms with Gasteiger partial charge in [-0.3, -0.25) is 4.79 Å². The maximum Gasteiger partial charge on any atom is 0.416 e. The van der Waals surface area contributed by atoms with Crippen molar-refractivity contribution in [2.75, 3.05) is 13.2 Å². The minimum Gasteiger partial charge on any atom is -0.494 e. The van der Waals surface area contributed by atoms with Crippen LogP contribution in [0.2, 0.25) is 0 Å². The monoisotopic (exact) mass is 705 g/mol. The van der Waals surface area contributed by atoms with Gasteiger partial charge < -0.3 is 19.9 Å². The number of rotatable bonds is 13. The number of benzene rings is 5. The highest BCUT2D eigenvalue weighted by molar-refractivity contribution is 6.01. The van der Waals surface area contributed by atoms with Gasteiger partial charge in [-0.15, -0.1) is 0 Å². The number of carbonyl (C=O) groups excluding carboxylic acids is 1. The lowest BCUT2D eigenvalue weighted by Gasteiger charge is -2.31. The molecule has 0 saturated carbocycles. The summed E-state index contributed by atoms with van der Waals surface area (Å²) in [6, 6.07) is 35.8. The quantitative estimate of drug-likeness (QED) is 0.0549. The van der Waals surface area contributed by atoms with Gasteiger partial charge in [-0.1, -0.05) is 96.1 Å². The molecule has 0 spiro atoms. The van der Waals surface area contributed by atoms with Gasteiger partial charge in [-0.2, -0.15) is 13.2 Å². The van der Waals surface area contributed by atoms with E-state index in [1.54, 1.807) is 48.5 Å². The Bertz CT molecular complexity index is 2080. The number of azide groups is 1. The topological polar surface area (TPSA) is 129 Å².